The predicted molar refractivity (Wildman–Crippen MR) is 138 cm³/mol. The largest absolute Gasteiger partial charge is 0.381 e. The highest BCUT2D eigenvalue weighted by Gasteiger charge is 2.24. The Hall–Kier alpha value is -3.49. The molecule has 2 saturated heterocycles. The molecule has 2 aliphatic heterocycles. The summed E-state index contributed by atoms with van der Waals surface area (Å²) in [5.74, 6) is 0.489. The third-order valence-corrected chi connectivity index (χ3v) is 7.09. The molecular weight excluding hydrogens is 454 g/mol. The van der Waals surface area contributed by atoms with Gasteiger partial charge in [-0.15, -0.1) is 0 Å². The fraction of sp³-hybridized carbons (Fsp3) is 0.393. The molecule has 0 spiro atoms. The van der Waals surface area contributed by atoms with Crippen molar-refractivity contribution in [2.75, 3.05) is 44.7 Å². The Morgan fingerprint density at radius 1 is 1.00 bits per heavy atom. The zero-order chi connectivity index (χ0) is 24.7. The fourth-order valence-electron chi connectivity index (χ4n) is 4.96. The molecule has 3 aromatic rings. The van der Waals surface area contributed by atoms with Crippen LogP contribution in [-0.4, -0.2) is 65.9 Å². The van der Waals surface area contributed by atoms with E-state index in [9.17, 15) is 9.59 Å². The summed E-state index contributed by atoms with van der Waals surface area (Å²) in [6, 6.07) is 18.0. The number of carbonyl (C=O) groups is 2. The number of hydrogen-bond donors (Lipinski definition) is 2. The van der Waals surface area contributed by atoms with E-state index in [4.69, 9.17) is 4.74 Å². The molecule has 0 saturated carbocycles. The first-order valence-electron chi connectivity index (χ1n) is 12.7. The van der Waals surface area contributed by atoms with Crippen LogP contribution in [0, 0.1) is 5.92 Å². The number of rotatable bonds is 8. The molecule has 2 aliphatic rings. The number of ether oxygens (including phenoxy) is 1. The van der Waals surface area contributed by atoms with Crippen molar-refractivity contribution in [3.63, 3.8) is 0 Å². The normalized spacial score (nSPS) is 18.7. The minimum atomic E-state index is -0.0785. The minimum Gasteiger partial charge on any atom is -0.381 e. The highest BCUT2D eigenvalue weighted by Crippen LogP contribution is 2.26. The van der Waals surface area contributed by atoms with Crippen LogP contribution in [0.1, 0.15) is 41.1 Å². The number of likely N-dealkylation sites (tertiary alicyclic amines) is 1. The van der Waals surface area contributed by atoms with Gasteiger partial charge in [0.25, 0.3) is 5.91 Å². The fourth-order valence-corrected chi connectivity index (χ4v) is 4.96. The molecule has 0 aliphatic carbocycles. The molecule has 8 heteroatoms. The summed E-state index contributed by atoms with van der Waals surface area (Å²) in [4.78, 5) is 27.5. The average Bonchev–Trinajstić information content (AvgIpc) is 3.60. The van der Waals surface area contributed by atoms with Gasteiger partial charge in [-0.05, 0) is 61.6 Å². The summed E-state index contributed by atoms with van der Waals surface area (Å²) in [6.07, 6.45) is 6.07. The molecule has 0 radical (unpaired) electrons. The first kappa shape index (κ1) is 24.2. The van der Waals surface area contributed by atoms with Crippen molar-refractivity contribution >= 4 is 17.5 Å². The van der Waals surface area contributed by atoms with Crippen molar-refractivity contribution in [2.45, 2.75) is 25.2 Å². The van der Waals surface area contributed by atoms with Crippen LogP contribution in [-0.2, 0) is 9.53 Å². The van der Waals surface area contributed by atoms with Crippen LogP contribution >= 0.6 is 0 Å². The lowest BCUT2D eigenvalue weighted by atomic mass is 9.99. The molecule has 2 N–H and O–H groups in total. The van der Waals surface area contributed by atoms with E-state index in [0.29, 0.717) is 36.9 Å². The molecule has 8 nitrogen and oxygen atoms in total. The van der Waals surface area contributed by atoms with Crippen LogP contribution in [0.3, 0.4) is 0 Å². The smallest absolute Gasteiger partial charge is 0.251 e. The second-order valence-electron chi connectivity index (χ2n) is 9.55. The van der Waals surface area contributed by atoms with Gasteiger partial charge in [0.05, 0.1) is 23.8 Å². The molecule has 5 rings (SSSR count). The summed E-state index contributed by atoms with van der Waals surface area (Å²) in [7, 11) is 0. The van der Waals surface area contributed by atoms with Crippen molar-refractivity contribution < 1.29 is 14.3 Å². The lowest BCUT2D eigenvalue weighted by molar-refractivity contribution is -0.122. The van der Waals surface area contributed by atoms with Crippen LogP contribution in [0.2, 0.25) is 0 Å². The van der Waals surface area contributed by atoms with E-state index in [1.807, 2.05) is 12.1 Å². The molecule has 2 amide bonds. The number of carbonyl (C=O) groups excluding carboxylic acids is 2. The maximum Gasteiger partial charge on any atom is 0.251 e. The third-order valence-electron chi connectivity index (χ3n) is 7.09. The van der Waals surface area contributed by atoms with Crippen LogP contribution in [0.25, 0.3) is 5.69 Å². The SMILES string of the molecule is O=C(NCCN1CC[C@H](c2ccccc2)C1)c1ccc(-n2cc(NC(=O)C3CCOCC3)cn2)cc1. The first-order valence-corrected chi connectivity index (χ1v) is 12.7. The van der Waals surface area contributed by atoms with Gasteiger partial charge in [-0.25, -0.2) is 4.68 Å². The number of nitrogens with zero attached hydrogens (tertiary/aromatic N) is 3. The van der Waals surface area contributed by atoms with Crippen molar-refractivity contribution in [1.29, 1.82) is 0 Å². The lowest BCUT2D eigenvalue weighted by Gasteiger charge is -2.20. The average molecular weight is 488 g/mol. The van der Waals surface area contributed by atoms with Gasteiger partial charge < -0.3 is 20.3 Å². The summed E-state index contributed by atoms with van der Waals surface area (Å²) in [6.45, 7) is 4.83. The molecule has 2 fully saturated rings. The Morgan fingerprint density at radius 2 is 1.78 bits per heavy atom. The van der Waals surface area contributed by atoms with Gasteiger partial charge in [0, 0.05) is 44.3 Å². The van der Waals surface area contributed by atoms with Crippen LogP contribution in [0.15, 0.2) is 67.0 Å². The zero-order valence-electron chi connectivity index (χ0n) is 20.4. The first-order chi connectivity index (χ1) is 17.7. The molecule has 1 aromatic heterocycles. The van der Waals surface area contributed by atoms with Crippen molar-refractivity contribution in [1.82, 2.24) is 20.0 Å². The highest BCUT2D eigenvalue weighted by atomic mass is 16.5. The van der Waals surface area contributed by atoms with Crippen molar-refractivity contribution in [3.8, 4) is 5.69 Å². The van der Waals surface area contributed by atoms with Gasteiger partial charge in [0.15, 0.2) is 0 Å². The van der Waals surface area contributed by atoms with Crippen molar-refractivity contribution in [2.24, 2.45) is 5.92 Å². The maximum absolute atomic E-state index is 12.6. The molecule has 1 atom stereocenters. The van der Waals surface area contributed by atoms with E-state index in [0.717, 1.165) is 44.6 Å². The van der Waals surface area contributed by atoms with Crippen LogP contribution in [0.5, 0.6) is 0 Å². The second-order valence-corrected chi connectivity index (χ2v) is 9.55. The summed E-state index contributed by atoms with van der Waals surface area (Å²) >= 11 is 0. The summed E-state index contributed by atoms with van der Waals surface area (Å²) in [5.41, 5.74) is 3.49. The van der Waals surface area contributed by atoms with E-state index >= 15 is 0 Å². The predicted octanol–water partition coefficient (Wildman–Crippen LogP) is 3.46. The van der Waals surface area contributed by atoms with Gasteiger partial charge in [-0.3, -0.25) is 9.59 Å². The van der Waals surface area contributed by atoms with Crippen molar-refractivity contribution in [3.05, 3.63) is 78.1 Å². The maximum atomic E-state index is 12.6. The number of aromatic nitrogens is 2. The molecule has 0 bridgehead atoms. The van der Waals surface area contributed by atoms with Gasteiger partial charge >= 0.3 is 0 Å². The molecule has 3 heterocycles. The number of benzene rings is 2. The van der Waals surface area contributed by atoms with E-state index in [2.05, 4.69) is 51.0 Å². The molecule has 2 aromatic carbocycles. The monoisotopic (exact) mass is 487 g/mol. The van der Waals surface area contributed by atoms with Crippen LogP contribution in [0.4, 0.5) is 5.69 Å². The number of amides is 2. The Kier molecular flexibility index (Phi) is 7.73. The molecular formula is C28H33N5O3. The second kappa shape index (κ2) is 11.5. The van der Waals surface area contributed by atoms with Gasteiger partial charge in [0.1, 0.15) is 0 Å². The third kappa shape index (κ3) is 6.01. The summed E-state index contributed by atoms with van der Waals surface area (Å²) < 4.78 is 7.02. The van der Waals surface area contributed by atoms with Gasteiger partial charge in [-0.2, -0.15) is 5.10 Å². The number of nitrogens with one attached hydrogen (secondary N) is 2. The standard InChI is InChI=1S/C28H33N5O3/c34-27(29-13-15-32-14-10-24(19-32)21-4-2-1-3-5-21)22-6-8-26(9-7-22)33-20-25(18-30-33)31-28(35)23-11-16-36-17-12-23/h1-9,18,20,23-24H,10-17,19H2,(H,29,34)(H,31,35)/t24-/m0/s1. The quantitative estimate of drug-likeness (QED) is 0.508. The Balaban J connectivity index is 1.08. The molecule has 0 unspecified atom stereocenters. The number of anilines is 1. The Morgan fingerprint density at radius 3 is 2.56 bits per heavy atom. The topological polar surface area (TPSA) is 88.5 Å². The Labute approximate surface area is 211 Å². The Bertz CT molecular complexity index is 1160. The zero-order valence-corrected chi connectivity index (χ0v) is 20.4. The van der Waals surface area contributed by atoms with Gasteiger partial charge in [0.2, 0.25) is 5.91 Å². The minimum absolute atomic E-state index is 0.00869. The summed E-state index contributed by atoms with van der Waals surface area (Å²) in [5, 5.41) is 10.3. The number of hydrogen-bond acceptors (Lipinski definition) is 5. The van der Waals surface area contributed by atoms with Gasteiger partial charge in [-0.1, -0.05) is 30.3 Å². The van der Waals surface area contributed by atoms with Crippen LogP contribution < -0.4 is 10.6 Å². The lowest BCUT2D eigenvalue weighted by Crippen LogP contribution is -2.33. The van der Waals surface area contributed by atoms with E-state index in [1.165, 1.54) is 5.56 Å². The highest BCUT2D eigenvalue weighted by molar-refractivity contribution is 5.94. The van der Waals surface area contributed by atoms with E-state index in [1.54, 1.807) is 29.2 Å². The van der Waals surface area contributed by atoms with E-state index < -0.39 is 0 Å². The molecule has 188 valence electrons. The van der Waals surface area contributed by atoms with E-state index in [-0.39, 0.29) is 17.7 Å². The molecule has 36 heavy (non-hydrogen) atoms.